The number of morpholine rings is 1. The maximum Gasteiger partial charge on any atom is 0.255 e. The number of carbonyl (C=O) groups is 3. The summed E-state index contributed by atoms with van der Waals surface area (Å²) < 4.78 is 5.21. The van der Waals surface area contributed by atoms with Crippen LogP contribution in [0.15, 0.2) is 24.3 Å². The first kappa shape index (κ1) is 21.1. The zero-order valence-corrected chi connectivity index (χ0v) is 17.9. The van der Waals surface area contributed by atoms with Crippen LogP contribution in [-0.2, 0) is 14.3 Å². The molecule has 30 heavy (non-hydrogen) atoms. The first-order chi connectivity index (χ1) is 14.5. The lowest BCUT2D eigenvalue weighted by Gasteiger charge is -2.41. The molecule has 0 spiro atoms. The van der Waals surface area contributed by atoms with Gasteiger partial charge in [0, 0.05) is 44.7 Å². The SMILES string of the molecule is O=C(c1ccccc1Cl)N1CCC(C(=O)N2CCC(N3CCOCC3=O)CC2)CC1. The van der Waals surface area contributed by atoms with Gasteiger partial charge in [0.05, 0.1) is 17.2 Å². The van der Waals surface area contributed by atoms with Crippen LogP contribution in [0.1, 0.15) is 36.0 Å². The van der Waals surface area contributed by atoms with Gasteiger partial charge < -0.3 is 19.4 Å². The molecule has 0 aliphatic carbocycles. The molecule has 7 nitrogen and oxygen atoms in total. The van der Waals surface area contributed by atoms with E-state index in [0.717, 1.165) is 12.8 Å². The van der Waals surface area contributed by atoms with Gasteiger partial charge in [-0.25, -0.2) is 0 Å². The summed E-state index contributed by atoms with van der Waals surface area (Å²) in [4.78, 5) is 43.4. The van der Waals surface area contributed by atoms with Gasteiger partial charge in [0.1, 0.15) is 6.61 Å². The first-order valence-electron chi connectivity index (χ1n) is 10.7. The monoisotopic (exact) mass is 433 g/mol. The number of hydrogen-bond donors (Lipinski definition) is 0. The minimum atomic E-state index is -0.0671. The standard InChI is InChI=1S/C22H28ClN3O4/c23-19-4-2-1-3-18(19)22(29)25-9-5-16(6-10-25)21(28)24-11-7-17(8-12-24)26-13-14-30-15-20(26)27/h1-4,16-17H,5-15H2. The van der Waals surface area contributed by atoms with Crippen LogP contribution in [0.3, 0.4) is 0 Å². The molecule has 3 amide bonds. The lowest BCUT2D eigenvalue weighted by Crippen LogP contribution is -2.53. The molecule has 3 aliphatic heterocycles. The molecule has 3 aliphatic rings. The summed E-state index contributed by atoms with van der Waals surface area (Å²) in [7, 11) is 0. The summed E-state index contributed by atoms with van der Waals surface area (Å²) in [5, 5.41) is 0.460. The highest BCUT2D eigenvalue weighted by molar-refractivity contribution is 6.33. The fraction of sp³-hybridized carbons (Fsp3) is 0.591. The Morgan fingerprint density at radius 3 is 2.27 bits per heavy atom. The average molecular weight is 434 g/mol. The summed E-state index contributed by atoms with van der Waals surface area (Å²) in [6.45, 7) is 3.93. The average Bonchev–Trinajstić information content (AvgIpc) is 2.79. The second-order valence-corrected chi connectivity index (χ2v) is 8.65. The Labute approximate surface area is 181 Å². The Morgan fingerprint density at radius 2 is 1.60 bits per heavy atom. The summed E-state index contributed by atoms with van der Waals surface area (Å²) >= 11 is 6.16. The molecule has 1 aromatic carbocycles. The topological polar surface area (TPSA) is 70.2 Å². The fourth-order valence-electron chi connectivity index (χ4n) is 4.71. The zero-order chi connectivity index (χ0) is 21.1. The number of hydrogen-bond acceptors (Lipinski definition) is 4. The molecule has 162 valence electrons. The summed E-state index contributed by atoms with van der Waals surface area (Å²) in [6.07, 6.45) is 3.00. The van der Waals surface area contributed by atoms with Crippen molar-refractivity contribution in [2.45, 2.75) is 31.7 Å². The van der Waals surface area contributed by atoms with Gasteiger partial charge in [0.15, 0.2) is 0 Å². The van der Waals surface area contributed by atoms with Crippen molar-refractivity contribution in [3.05, 3.63) is 34.9 Å². The molecule has 4 rings (SSSR count). The van der Waals surface area contributed by atoms with Gasteiger partial charge in [-0.1, -0.05) is 23.7 Å². The molecule has 0 radical (unpaired) electrons. The van der Waals surface area contributed by atoms with Crippen LogP contribution < -0.4 is 0 Å². The Morgan fingerprint density at radius 1 is 0.933 bits per heavy atom. The van der Waals surface area contributed by atoms with Crippen LogP contribution in [0.25, 0.3) is 0 Å². The lowest BCUT2D eigenvalue weighted by molar-refractivity contribution is -0.148. The quantitative estimate of drug-likeness (QED) is 0.731. The molecule has 0 atom stereocenters. The molecule has 1 aromatic rings. The van der Waals surface area contributed by atoms with Crippen LogP contribution in [0.4, 0.5) is 0 Å². The number of rotatable bonds is 3. The predicted octanol–water partition coefficient (Wildman–Crippen LogP) is 2.04. The normalized spacial score (nSPS) is 21.8. The van der Waals surface area contributed by atoms with Crippen molar-refractivity contribution in [1.82, 2.24) is 14.7 Å². The number of halogens is 1. The third kappa shape index (κ3) is 4.47. The van der Waals surface area contributed by atoms with Gasteiger partial charge in [-0.05, 0) is 37.8 Å². The first-order valence-corrected chi connectivity index (χ1v) is 11.1. The Bertz CT molecular complexity index is 801. The maximum absolute atomic E-state index is 13.0. The highest BCUT2D eigenvalue weighted by Gasteiger charge is 2.35. The molecular weight excluding hydrogens is 406 g/mol. The highest BCUT2D eigenvalue weighted by atomic mass is 35.5. The Kier molecular flexibility index (Phi) is 6.58. The van der Waals surface area contributed by atoms with Crippen LogP contribution in [0, 0.1) is 5.92 Å². The number of piperidine rings is 2. The van der Waals surface area contributed by atoms with E-state index in [1.165, 1.54) is 0 Å². The Balaban J connectivity index is 1.26. The van der Waals surface area contributed by atoms with Crippen LogP contribution in [0.2, 0.25) is 5.02 Å². The van der Waals surface area contributed by atoms with E-state index >= 15 is 0 Å². The highest BCUT2D eigenvalue weighted by Crippen LogP contribution is 2.26. The molecule has 0 saturated carbocycles. The molecule has 0 aromatic heterocycles. The van der Waals surface area contributed by atoms with E-state index in [2.05, 4.69) is 0 Å². The molecule has 0 unspecified atom stereocenters. The number of amides is 3. The molecule has 3 saturated heterocycles. The van der Waals surface area contributed by atoms with E-state index in [9.17, 15) is 14.4 Å². The molecule has 0 N–H and O–H groups in total. The van der Waals surface area contributed by atoms with E-state index < -0.39 is 0 Å². The van der Waals surface area contributed by atoms with Gasteiger partial charge in [-0.15, -0.1) is 0 Å². The van der Waals surface area contributed by atoms with Crippen molar-refractivity contribution in [3.8, 4) is 0 Å². The minimum absolute atomic E-state index is 0.0399. The molecule has 8 heteroatoms. The van der Waals surface area contributed by atoms with E-state index in [1.54, 1.807) is 17.0 Å². The molecule has 3 heterocycles. The molecule has 0 bridgehead atoms. The summed E-state index contributed by atoms with van der Waals surface area (Å²) in [5.74, 6) is 0.137. The number of ether oxygens (including phenoxy) is 1. The van der Waals surface area contributed by atoms with E-state index in [4.69, 9.17) is 16.3 Å². The van der Waals surface area contributed by atoms with E-state index in [-0.39, 0.29) is 36.3 Å². The van der Waals surface area contributed by atoms with Gasteiger partial charge in [-0.3, -0.25) is 14.4 Å². The molecular formula is C22H28ClN3O4. The van der Waals surface area contributed by atoms with Crippen molar-refractivity contribution in [2.24, 2.45) is 5.92 Å². The van der Waals surface area contributed by atoms with Crippen molar-refractivity contribution in [3.63, 3.8) is 0 Å². The van der Waals surface area contributed by atoms with Crippen molar-refractivity contribution < 1.29 is 19.1 Å². The number of likely N-dealkylation sites (tertiary alicyclic amines) is 2. The third-order valence-corrected chi connectivity index (χ3v) is 6.80. The number of benzene rings is 1. The molecule has 3 fully saturated rings. The summed E-state index contributed by atoms with van der Waals surface area (Å²) in [5.41, 5.74) is 0.517. The van der Waals surface area contributed by atoms with Gasteiger partial charge >= 0.3 is 0 Å². The lowest BCUT2D eigenvalue weighted by atomic mass is 9.93. The van der Waals surface area contributed by atoms with Crippen molar-refractivity contribution in [1.29, 1.82) is 0 Å². The largest absolute Gasteiger partial charge is 0.370 e. The van der Waals surface area contributed by atoms with Gasteiger partial charge in [-0.2, -0.15) is 0 Å². The minimum Gasteiger partial charge on any atom is -0.370 e. The predicted molar refractivity (Wildman–Crippen MR) is 112 cm³/mol. The Hall–Kier alpha value is -2.12. The van der Waals surface area contributed by atoms with Crippen LogP contribution in [-0.4, -0.2) is 84.4 Å². The van der Waals surface area contributed by atoms with Crippen LogP contribution in [0.5, 0.6) is 0 Å². The fourth-order valence-corrected chi connectivity index (χ4v) is 4.92. The van der Waals surface area contributed by atoms with Gasteiger partial charge in [0.2, 0.25) is 11.8 Å². The summed E-state index contributed by atoms with van der Waals surface area (Å²) in [6, 6.07) is 7.29. The second kappa shape index (κ2) is 9.35. The second-order valence-electron chi connectivity index (χ2n) is 8.24. The number of nitrogens with zero attached hydrogens (tertiary/aromatic N) is 3. The van der Waals surface area contributed by atoms with Crippen molar-refractivity contribution in [2.75, 3.05) is 45.9 Å². The van der Waals surface area contributed by atoms with E-state index in [0.29, 0.717) is 62.8 Å². The maximum atomic E-state index is 13.0. The van der Waals surface area contributed by atoms with Crippen molar-refractivity contribution >= 4 is 29.3 Å². The van der Waals surface area contributed by atoms with Crippen LogP contribution >= 0.6 is 11.6 Å². The smallest absolute Gasteiger partial charge is 0.255 e. The van der Waals surface area contributed by atoms with E-state index in [1.807, 2.05) is 21.9 Å². The third-order valence-electron chi connectivity index (χ3n) is 6.48. The van der Waals surface area contributed by atoms with Gasteiger partial charge in [0.25, 0.3) is 5.91 Å². The zero-order valence-electron chi connectivity index (χ0n) is 17.1. The number of carbonyl (C=O) groups excluding carboxylic acids is 3.